The third-order valence-electron chi connectivity index (χ3n) is 4.24. The number of para-hydroxylation sites is 2. The van der Waals surface area contributed by atoms with Crippen LogP contribution in [0.3, 0.4) is 0 Å². The molecule has 0 aliphatic carbocycles. The number of fused-ring (bicyclic) bond motifs is 1. The lowest BCUT2D eigenvalue weighted by Crippen LogP contribution is -2.15. The fourth-order valence-electron chi connectivity index (χ4n) is 2.93. The monoisotopic (exact) mass is 377 g/mol. The Bertz CT molecular complexity index is 1160. The number of nitrogens with zero attached hydrogens (tertiary/aromatic N) is 3. The van der Waals surface area contributed by atoms with Crippen LogP contribution in [0.2, 0.25) is 0 Å². The Morgan fingerprint density at radius 2 is 1.74 bits per heavy atom. The zero-order valence-corrected chi connectivity index (χ0v) is 15.3. The number of pyridine rings is 1. The zero-order chi connectivity index (χ0) is 19.0. The van der Waals surface area contributed by atoms with Gasteiger partial charge in [0.2, 0.25) is 0 Å². The number of hydrogen-bond acceptors (Lipinski definition) is 5. The van der Waals surface area contributed by atoms with Gasteiger partial charge in [0, 0.05) is 17.3 Å². The molecule has 2 heterocycles. The highest BCUT2D eigenvalue weighted by atomic mass is 32.1. The molecule has 0 unspecified atom stereocenters. The summed E-state index contributed by atoms with van der Waals surface area (Å²) in [5, 5.41) is 4.38. The van der Waals surface area contributed by atoms with Crippen LogP contribution >= 0.6 is 12.6 Å². The molecule has 0 radical (unpaired) electrons. The number of methoxy groups -OCH3 is 1. The molecule has 2 aromatic carbocycles. The fraction of sp³-hybridized carbons (Fsp3) is 0.0500. The second-order valence-corrected chi connectivity index (χ2v) is 6.36. The number of benzene rings is 2. The summed E-state index contributed by atoms with van der Waals surface area (Å²) < 4.78 is 7.87. The van der Waals surface area contributed by atoms with E-state index >= 15 is 0 Å². The van der Waals surface area contributed by atoms with Gasteiger partial charge in [0.15, 0.2) is 0 Å². The van der Waals surface area contributed by atoms with Gasteiger partial charge < -0.3 is 9.30 Å². The molecular formula is C20H15N3O3S. The third-order valence-corrected chi connectivity index (χ3v) is 4.61. The van der Waals surface area contributed by atoms with Gasteiger partial charge in [-0.3, -0.25) is 4.79 Å². The summed E-state index contributed by atoms with van der Waals surface area (Å²) >= 11 is 4.46. The maximum absolute atomic E-state index is 13.0. The van der Waals surface area contributed by atoms with Crippen LogP contribution in [0.25, 0.3) is 22.6 Å². The third kappa shape index (κ3) is 2.92. The van der Waals surface area contributed by atoms with Crippen molar-refractivity contribution in [2.24, 2.45) is 0 Å². The molecule has 134 valence electrons. The smallest absolute Gasteiger partial charge is 0.341 e. The van der Waals surface area contributed by atoms with Crippen molar-refractivity contribution in [3.8, 4) is 22.6 Å². The van der Waals surface area contributed by atoms with Crippen LogP contribution in [0.15, 0.2) is 76.7 Å². The van der Waals surface area contributed by atoms with Crippen LogP contribution < -0.4 is 5.56 Å². The van der Waals surface area contributed by atoms with Gasteiger partial charge in [-0.05, 0) is 24.3 Å². The molecule has 2 aliphatic rings. The van der Waals surface area contributed by atoms with Crippen LogP contribution in [0, 0.1) is 0 Å². The number of hydrogen-bond donors (Lipinski definition) is 1. The summed E-state index contributed by atoms with van der Waals surface area (Å²) in [7, 11) is 1.30. The molecule has 6 nitrogen and oxygen atoms in total. The van der Waals surface area contributed by atoms with E-state index < -0.39 is 5.97 Å². The van der Waals surface area contributed by atoms with Crippen LogP contribution in [-0.2, 0) is 4.74 Å². The first-order chi connectivity index (χ1) is 13.1. The number of aromatic nitrogens is 3. The fourth-order valence-corrected chi connectivity index (χ4v) is 3.21. The molecule has 0 fully saturated rings. The van der Waals surface area contributed by atoms with Crippen molar-refractivity contribution in [1.82, 2.24) is 14.3 Å². The van der Waals surface area contributed by atoms with E-state index in [4.69, 9.17) is 4.74 Å². The van der Waals surface area contributed by atoms with E-state index in [1.54, 1.807) is 29.1 Å². The van der Waals surface area contributed by atoms with Gasteiger partial charge in [0.25, 0.3) is 5.56 Å². The van der Waals surface area contributed by atoms with E-state index in [-0.39, 0.29) is 11.1 Å². The van der Waals surface area contributed by atoms with Gasteiger partial charge >= 0.3 is 5.97 Å². The minimum absolute atomic E-state index is 0.207. The average molecular weight is 377 g/mol. The van der Waals surface area contributed by atoms with Crippen LogP contribution in [0.4, 0.5) is 0 Å². The van der Waals surface area contributed by atoms with Crippen LogP contribution in [-0.4, -0.2) is 27.4 Å². The largest absolute Gasteiger partial charge is 0.465 e. The standard InChI is InChI=1S/C20H15N3O3S/c1-26-20(25)15-12-22(16-9-5-6-10-17(16)27)11-14-18(15)21-23(19(14)24)13-7-3-2-4-8-13/h2-12,27H,1H3. The number of rotatable bonds is 3. The van der Waals surface area contributed by atoms with Gasteiger partial charge in [-0.1, -0.05) is 30.3 Å². The minimum atomic E-state index is -0.566. The molecule has 0 saturated heterocycles. The first-order valence-corrected chi connectivity index (χ1v) is 8.62. The Kier molecular flexibility index (Phi) is 4.29. The Morgan fingerprint density at radius 1 is 1.04 bits per heavy atom. The summed E-state index contributed by atoms with van der Waals surface area (Å²) in [6, 6.07) is 16.5. The van der Waals surface area contributed by atoms with Crippen molar-refractivity contribution in [2.75, 3.05) is 7.11 Å². The molecule has 27 heavy (non-hydrogen) atoms. The van der Waals surface area contributed by atoms with E-state index in [0.717, 1.165) is 5.69 Å². The first-order valence-electron chi connectivity index (χ1n) is 8.17. The van der Waals surface area contributed by atoms with Gasteiger partial charge in [0.1, 0.15) is 11.3 Å². The van der Waals surface area contributed by atoms with Crippen molar-refractivity contribution in [3.05, 3.63) is 82.9 Å². The topological polar surface area (TPSA) is 66.1 Å². The van der Waals surface area contributed by atoms with Crippen molar-refractivity contribution in [2.45, 2.75) is 4.90 Å². The molecule has 0 spiro atoms. The summed E-state index contributed by atoms with van der Waals surface area (Å²) in [4.78, 5) is 26.0. The van der Waals surface area contributed by atoms with E-state index in [1.807, 2.05) is 42.5 Å². The number of esters is 1. The predicted molar refractivity (Wildman–Crippen MR) is 104 cm³/mol. The summed E-state index contributed by atoms with van der Waals surface area (Å²) in [6.07, 6.45) is 3.26. The lowest BCUT2D eigenvalue weighted by Gasteiger charge is -2.13. The summed E-state index contributed by atoms with van der Waals surface area (Å²) in [6.45, 7) is 0. The second kappa shape index (κ2) is 6.77. The Balaban J connectivity index is 2.03. The molecule has 0 saturated carbocycles. The Morgan fingerprint density at radius 3 is 2.44 bits per heavy atom. The molecule has 0 N–H and O–H groups in total. The number of carbonyl (C=O) groups is 1. The lowest BCUT2D eigenvalue weighted by molar-refractivity contribution is 0.0600. The number of thiol groups is 1. The van der Waals surface area contributed by atoms with E-state index in [2.05, 4.69) is 17.7 Å². The minimum Gasteiger partial charge on any atom is -0.465 e. The summed E-state index contributed by atoms with van der Waals surface area (Å²) in [5.74, 6) is -0.566. The average Bonchev–Trinajstić information content (AvgIpc) is 3.04. The van der Waals surface area contributed by atoms with E-state index in [1.165, 1.54) is 11.8 Å². The summed E-state index contributed by atoms with van der Waals surface area (Å²) in [5.41, 5.74) is 1.86. The highest BCUT2D eigenvalue weighted by Crippen LogP contribution is 2.26. The van der Waals surface area contributed by atoms with Crippen molar-refractivity contribution >= 4 is 18.6 Å². The Hall–Kier alpha value is -3.32. The van der Waals surface area contributed by atoms with Gasteiger partial charge in [-0.15, -0.1) is 12.6 Å². The van der Waals surface area contributed by atoms with Crippen LogP contribution in [0.5, 0.6) is 0 Å². The zero-order valence-electron chi connectivity index (χ0n) is 14.4. The quantitative estimate of drug-likeness (QED) is 0.440. The molecule has 0 atom stereocenters. The normalized spacial score (nSPS) is 10.9. The maximum Gasteiger partial charge on any atom is 0.341 e. The molecule has 2 aromatic rings. The second-order valence-electron chi connectivity index (χ2n) is 5.87. The van der Waals surface area contributed by atoms with Gasteiger partial charge in [-0.25, -0.2) is 4.79 Å². The van der Waals surface area contributed by atoms with E-state index in [9.17, 15) is 9.59 Å². The van der Waals surface area contributed by atoms with Crippen LogP contribution in [0.1, 0.15) is 10.4 Å². The lowest BCUT2D eigenvalue weighted by atomic mass is 10.1. The highest BCUT2D eigenvalue weighted by molar-refractivity contribution is 7.80. The van der Waals surface area contributed by atoms with Crippen molar-refractivity contribution in [3.63, 3.8) is 0 Å². The number of carbonyl (C=O) groups excluding carboxylic acids is 1. The Labute approximate surface area is 160 Å². The molecule has 7 heteroatoms. The molecule has 2 aliphatic heterocycles. The van der Waals surface area contributed by atoms with Crippen molar-refractivity contribution < 1.29 is 9.53 Å². The van der Waals surface area contributed by atoms with Gasteiger partial charge in [-0.2, -0.15) is 9.78 Å². The van der Waals surface area contributed by atoms with Gasteiger partial charge in [0.05, 0.1) is 24.0 Å². The first kappa shape index (κ1) is 17.1. The maximum atomic E-state index is 13.0. The van der Waals surface area contributed by atoms with E-state index in [0.29, 0.717) is 21.8 Å². The molecule has 0 aromatic heterocycles. The highest BCUT2D eigenvalue weighted by Gasteiger charge is 2.25. The number of ether oxygens (including phenoxy) is 1. The van der Waals surface area contributed by atoms with Crippen molar-refractivity contribution in [1.29, 1.82) is 0 Å². The molecule has 0 amide bonds. The molecule has 0 bridgehead atoms. The molecular weight excluding hydrogens is 362 g/mol. The molecule has 4 rings (SSSR count). The SMILES string of the molecule is COC(=O)c1cn(-c2ccccc2S)cc2c(=O)n(-c3ccccc3)nc1-2. The predicted octanol–water partition coefficient (Wildman–Crippen LogP) is 3.20.